The fourth-order valence-electron chi connectivity index (χ4n) is 2.17. The van der Waals surface area contributed by atoms with Crippen LogP contribution in [-0.4, -0.2) is 37.2 Å². The second kappa shape index (κ2) is 11.1. The van der Waals surface area contributed by atoms with Crippen molar-refractivity contribution in [2.24, 2.45) is 0 Å². The number of nitrogens with one attached hydrogen (secondary N) is 2. The summed E-state index contributed by atoms with van der Waals surface area (Å²) < 4.78 is 10.1. The molecule has 0 spiro atoms. The molecule has 0 bridgehead atoms. The Morgan fingerprint density at radius 1 is 0.667 bits per heavy atom. The van der Waals surface area contributed by atoms with Gasteiger partial charge in [-0.1, -0.05) is 24.3 Å². The van der Waals surface area contributed by atoms with Gasteiger partial charge in [0.1, 0.15) is 22.6 Å². The molecule has 0 heterocycles. The third kappa shape index (κ3) is 6.23. The van der Waals surface area contributed by atoms with E-state index >= 15 is 0 Å². The van der Waals surface area contributed by atoms with Crippen molar-refractivity contribution in [2.45, 2.75) is 13.8 Å². The average molecular weight is 416 g/mol. The zero-order valence-electron chi connectivity index (χ0n) is 16.3. The minimum Gasteiger partial charge on any atom is -0.409 e. The number of carbonyl (C=O) groups is 4. The van der Waals surface area contributed by atoms with Gasteiger partial charge in [-0.15, -0.1) is 0 Å². The fourth-order valence-corrected chi connectivity index (χ4v) is 2.17. The Bertz CT molecular complexity index is 853. The largest absolute Gasteiger partial charge is 0.412 e. The molecule has 2 aromatic carbocycles. The van der Waals surface area contributed by atoms with Gasteiger partial charge in [-0.25, -0.2) is 29.0 Å². The van der Waals surface area contributed by atoms with Crippen molar-refractivity contribution in [3.05, 3.63) is 59.7 Å². The van der Waals surface area contributed by atoms with Crippen molar-refractivity contribution in [3.8, 4) is 11.5 Å². The molecule has 10 heteroatoms. The van der Waals surface area contributed by atoms with Gasteiger partial charge in [0.15, 0.2) is 0 Å². The lowest BCUT2D eigenvalue weighted by Crippen LogP contribution is -2.27. The molecule has 0 unspecified atom stereocenters. The van der Waals surface area contributed by atoms with Crippen LogP contribution in [0.15, 0.2) is 48.5 Å². The fraction of sp³-hybridized carbons (Fsp3) is 0.200. The summed E-state index contributed by atoms with van der Waals surface area (Å²) >= 11 is 0. The minimum absolute atomic E-state index is 0.0792. The molecular weight excluding hydrogens is 396 g/mol. The Morgan fingerprint density at radius 3 is 1.40 bits per heavy atom. The lowest BCUT2D eigenvalue weighted by atomic mass is 10.2. The Labute approximate surface area is 172 Å². The van der Waals surface area contributed by atoms with Gasteiger partial charge in [0, 0.05) is 13.1 Å². The van der Waals surface area contributed by atoms with Crippen molar-refractivity contribution in [3.63, 3.8) is 0 Å². The van der Waals surface area contributed by atoms with Gasteiger partial charge in [0.25, 0.3) is 0 Å². The highest BCUT2D eigenvalue weighted by molar-refractivity contribution is 5.96. The lowest BCUT2D eigenvalue weighted by molar-refractivity contribution is -0.187. The molecule has 2 aromatic rings. The van der Waals surface area contributed by atoms with E-state index in [0.29, 0.717) is 13.1 Å². The first-order valence-corrected chi connectivity index (χ1v) is 8.98. The predicted molar refractivity (Wildman–Crippen MR) is 103 cm³/mol. The zero-order chi connectivity index (χ0) is 21.9. The predicted octanol–water partition coefficient (Wildman–Crippen LogP) is 2.83. The SMILES string of the molecule is CCNC(=O)Oc1ccccc1C(=O)OOC(=O)c1ccccc1OC(=O)NCC. The van der Waals surface area contributed by atoms with Crippen LogP contribution < -0.4 is 20.1 Å². The smallest absolute Gasteiger partial charge is 0.409 e. The van der Waals surface area contributed by atoms with Crippen LogP contribution in [0.3, 0.4) is 0 Å². The van der Waals surface area contributed by atoms with Gasteiger partial charge in [-0.05, 0) is 38.1 Å². The van der Waals surface area contributed by atoms with E-state index in [1.807, 2.05) is 0 Å². The molecule has 0 aromatic heterocycles. The van der Waals surface area contributed by atoms with Crippen molar-refractivity contribution in [1.82, 2.24) is 10.6 Å². The molecule has 0 fully saturated rings. The van der Waals surface area contributed by atoms with E-state index in [2.05, 4.69) is 20.4 Å². The third-order valence-electron chi connectivity index (χ3n) is 3.45. The van der Waals surface area contributed by atoms with Crippen LogP contribution in [0.1, 0.15) is 34.6 Å². The number of ether oxygens (including phenoxy) is 2. The second-order valence-electron chi connectivity index (χ2n) is 5.57. The standard InChI is InChI=1S/C20H20N2O8/c1-3-21-19(25)27-15-11-7-5-9-13(15)17(23)29-30-18(24)14-10-6-8-12-16(14)28-20(26)22-4-2/h5-12H,3-4H2,1-2H3,(H,21,25)(H,22,26). The van der Waals surface area contributed by atoms with E-state index in [0.717, 1.165) is 0 Å². The van der Waals surface area contributed by atoms with Gasteiger partial charge in [-0.3, -0.25) is 0 Å². The summed E-state index contributed by atoms with van der Waals surface area (Å²) in [6.07, 6.45) is -1.52. The van der Waals surface area contributed by atoms with E-state index < -0.39 is 24.1 Å². The Morgan fingerprint density at radius 2 is 1.03 bits per heavy atom. The third-order valence-corrected chi connectivity index (χ3v) is 3.45. The molecule has 0 aliphatic heterocycles. The number of hydrogen-bond acceptors (Lipinski definition) is 8. The monoisotopic (exact) mass is 416 g/mol. The van der Waals surface area contributed by atoms with Crippen molar-refractivity contribution in [1.29, 1.82) is 0 Å². The van der Waals surface area contributed by atoms with Crippen LogP contribution in [0.2, 0.25) is 0 Å². The van der Waals surface area contributed by atoms with Gasteiger partial charge in [0.05, 0.1) is 0 Å². The maximum absolute atomic E-state index is 12.3. The quantitative estimate of drug-likeness (QED) is 0.543. The highest BCUT2D eigenvalue weighted by Crippen LogP contribution is 2.21. The first kappa shape index (κ1) is 22.2. The molecule has 0 saturated carbocycles. The molecule has 2 N–H and O–H groups in total. The molecule has 10 nitrogen and oxygen atoms in total. The van der Waals surface area contributed by atoms with E-state index in [9.17, 15) is 19.2 Å². The number of benzene rings is 2. The van der Waals surface area contributed by atoms with Gasteiger partial charge >= 0.3 is 24.1 Å². The summed E-state index contributed by atoms with van der Waals surface area (Å²) in [7, 11) is 0. The average Bonchev–Trinajstić information content (AvgIpc) is 2.73. The van der Waals surface area contributed by atoms with Crippen molar-refractivity contribution in [2.75, 3.05) is 13.1 Å². The van der Waals surface area contributed by atoms with Crippen LogP contribution >= 0.6 is 0 Å². The molecule has 30 heavy (non-hydrogen) atoms. The van der Waals surface area contributed by atoms with Crippen LogP contribution in [0, 0.1) is 0 Å². The number of rotatable bonds is 6. The van der Waals surface area contributed by atoms with Crippen molar-refractivity contribution < 1.29 is 38.4 Å². The molecule has 0 radical (unpaired) electrons. The molecule has 0 aliphatic carbocycles. The Balaban J connectivity index is 2.06. The number of amides is 2. The molecule has 0 atom stereocenters. The number of hydrogen-bond donors (Lipinski definition) is 2. The molecular formula is C20H20N2O8. The van der Waals surface area contributed by atoms with Crippen molar-refractivity contribution >= 4 is 24.1 Å². The second-order valence-corrected chi connectivity index (χ2v) is 5.57. The Hall–Kier alpha value is -4.08. The number of carbonyl (C=O) groups excluding carboxylic acids is 4. The Kier molecular flexibility index (Phi) is 8.18. The van der Waals surface area contributed by atoms with Crippen LogP contribution in [0.4, 0.5) is 9.59 Å². The highest BCUT2D eigenvalue weighted by atomic mass is 17.2. The van der Waals surface area contributed by atoms with Gasteiger partial charge in [0.2, 0.25) is 0 Å². The molecule has 158 valence electrons. The van der Waals surface area contributed by atoms with E-state index in [-0.39, 0.29) is 22.6 Å². The first-order valence-electron chi connectivity index (χ1n) is 8.98. The molecule has 2 amide bonds. The first-order chi connectivity index (χ1) is 14.5. The maximum Gasteiger partial charge on any atom is 0.412 e. The van der Waals surface area contributed by atoms with E-state index in [1.165, 1.54) is 36.4 Å². The molecule has 0 aliphatic rings. The zero-order valence-corrected chi connectivity index (χ0v) is 16.3. The normalized spacial score (nSPS) is 9.80. The lowest BCUT2D eigenvalue weighted by Gasteiger charge is -2.10. The minimum atomic E-state index is -1.06. The summed E-state index contributed by atoms with van der Waals surface area (Å²) in [5.74, 6) is -2.29. The summed E-state index contributed by atoms with van der Waals surface area (Å²) in [5, 5.41) is 4.83. The summed E-state index contributed by atoms with van der Waals surface area (Å²) in [5.41, 5.74) is -0.271. The topological polar surface area (TPSA) is 129 Å². The van der Waals surface area contributed by atoms with Crippen LogP contribution in [0.25, 0.3) is 0 Å². The molecule has 2 rings (SSSR count). The van der Waals surface area contributed by atoms with Gasteiger partial charge < -0.3 is 20.1 Å². The summed E-state index contributed by atoms with van der Waals surface area (Å²) in [6, 6.07) is 11.5. The van der Waals surface area contributed by atoms with Crippen LogP contribution in [-0.2, 0) is 9.78 Å². The maximum atomic E-state index is 12.3. The summed E-state index contributed by atoms with van der Waals surface area (Å²) in [4.78, 5) is 56.9. The summed E-state index contributed by atoms with van der Waals surface area (Å²) in [6.45, 7) is 4.07. The van der Waals surface area contributed by atoms with E-state index in [4.69, 9.17) is 9.47 Å². The van der Waals surface area contributed by atoms with Crippen LogP contribution in [0.5, 0.6) is 11.5 Å². The highest BCUT2D eigenvalue weighted by Gasteiger charge is 2.22. The number of para-hydroxylation sites is 2. The molecule has 0 saturated heterocycles. The van der Waals surface area contributed by atoms with E-state index in [1.54, 1.807) is 26.0 Å². The van der Waals surface area contributed by atoms with Gasteiger partial charge in [-0.2, -0.15) is 0 Å².